The van der Waals surface area contributed by atoms with Gasteiger partial charge in [-0.25, -0.2) is 13.6 Å². The van der Waals surface area contributed by atoms with Gasteiger partial charge in [-0.1, -0.05) is 30.3 Å². The lowest BCUT2D eigenvalue weighted by Crippen LogP contribution is -2.22. The predicted molar refractivity (Wildman–Crippen MR) is 79.4 cm³/mol. The average molecular weight is 292 g/mol. The summed E-state index contributed by atoms with van der Waals surface area (Å²) in [4.78, 5) is 0. The van der Waals surface area contributed by atoms with Crippen molar-refractivity contribution in [3.63, 3.8) is 0 Å². The van der Waals surface area contributed by atoms with Crippen molar-refractivity contribution in [3.8, 4) is 11.5 Å². The summed E-state index contributed by atoms with van der Waals surface area (Å²) in [7, 11) is -3.47. The molecule has 0 bridgehead atoms. The summed E-state index contributed by atoms with van der Waals surface area (Å²) in [5.41, 5.74) is 0.722. The van der Waals surface area contributed by atoms with Crippen LogP contribution in [0.5, 0.6) is 11.5 Å². The lowest BCUT2D eigenvalue weighted by Gasteiger charge is -2.12. The highest BCUT2D eigenvalue weighted by molar-refractivity contribution is 7.89. The number of hydrogen-bond acceptors (Lipinski definition) is 4. The molecule has 6 heteroatoms. The summed E-state index contributed by atoms with van der Waals surface area (Å²) < 4.78 is 27.6. The first-order valence-electron chi connectivity index (χ1n) is 6.11. The first kappa shape index (κ1) is 14.4. The molecule has 0 unspecified atom stereocenters. The SMILES string of the molecule is NS(=O)(=O)CCNc1ccccc1Oc1ccccc1. The molecule has 2 aromatic carbocycles. The van der Waals surface area contributed by atoms with Gasteiger partial charge < -0.3 is 10.1 Å². The lowest BCUT2D eigenvalue weighted by atomic mass is 10.3. The number of nitrogens with two attached hydrogens (primary N) is 1. The molecule has 2 rings (SSSR count). The van der Waals surface area contributed by atoms with Crippen molar-refractivity contribution in [2.24, 2.45) is 5.14 Å². The van der Waals surface area contributed by atoms with E-state index in [1.807, 2.05) is 54.6 Å². The van der Waals surface area contributed by atoms with Gasteiger partial charge in [-0.05, 0) is 24.3 Å². The van der Waals surface area contributed by atoms with Crippen molar-refractivity contribution in [1.82, 2.24) is 0 Å². The summed E-state index contributed by atoms with van der Waals surface area (Å²) >= 11 is 0. The van der Waals surface area contributed by atoms with Crippen molar-refractivity contribution in [2.45, 2.75) is 0 Å². The zero-order valence-corrected chi connectivity index (χ0v) is 11.6. The Morgan fingerprint density at radius 3 is 2.35 bits per heavy atom. The third kappa shape index (κ3) is 4.56. The fraction of sp³-hybridized carbons (Fsp3) is 0.143. The Balaban J connectivity index is 2.06. The Morgan fingerprint density at radius 1 is 1.00 bits per heavy atom. The molecular formula is C14H16N2O3S. The van der Waals surface area contributed by atoms with Crippen LogP contribution >= 0.6 is 0 Å². The molecule has 0 atom stereocenters. The Kier molecular flexibility index (Phi) is 4.60. The van der Waals surface area contributed by atoms with Gasteiger partial charge in [0.2, 0.25) is 10.0 Å². The molecule has 2 aromatic rings. The van der Waals surface area contributed by atoms with Gasteiger partial charge in [-0.15, -0.1) is 0 Å². The van der Waals surface area contributed by atoms with E-state index in [-0.39, 0.29) is 12.3 Å². The molecule has 0 saturated heterocycles. The fourth-order valence-corrected chi connectivity index (χ4v) is 2.03. The Labute approximate surface area is 118 Å². The van der Waals surface area contributed by atoms with Gasteiger partial charge in [0.05, 0.1) is 11.4 Å². The van der Waals surface area contributed by atoms with E-state index in [0.717, 1.165) is 5.69 Å². The van der Waals surface area contributed by atoms with Gasteiger partial charge in [-0.3, -0.25) is 0 Å². The Morgan fingerprint density at radius 2 is 1.65 bits per heavy atom. The largest absolute Gasteiger partial charge is 0.455 e. The van der Waals surface area contributed by atoms with Crippen molar-refractivity contribution in [1.29, 1.82) is 0 Å². The second-order valence-corrected chi connectivity index (χ2v) is 5.94. The summed E-state index contributed by atoms with van der Waals surface area (Å²) in [5.74, 6) is 1.22. The minimum atomic E-state index is -3.47. The molecule has 0 aliphatic rings. The van der Waals surface area contributed by atoms with Gasteiger partial charge in [0.25, 0.3) is 0 Å². The maximum atomic E-state index is 10.9. The quantitative estimate of drug-likeness (QED) is 0.855. The summed E-state index contributed by atoms with van der Waals surface area (Å²) in [5, 5.41) is 7.97. The molecule has 3 N–H and O–H groups in total. The van der Waals surface area contributed by atoms with E-state index >= 15 is 0 Å². The monoisotopic (exact) mass is 292 g/mol. The highest BCUT2D eigenvalue weighted by Gasteiger charge is 2.06. The number of ether oxygens (including phenoxy) is 1. The number of nitrogens with one attached hydrogen (secondary N) is 1. The third-order valence-electron chi connectivity index (χ3n) is 2.56. The molecule has 0 fully saturated rings. The highest BCUT2D eigenvalue weighted by Crippen LogP contribution is 2.28. The van der Waals surface area contributed by atoms with Crippen LogP contribution in [0.25, 0.3) is 0 Å². The molecule has 0 amide bonds. The van der Waals surface area contributed by atoms with Crippen LogP contribution < -0.4 is 15.2 Å². The highest BCUT2D eigenvalue weighted by atomic mass is 32.2. The second-order valence-electron chi connectivity index (χ2n) is 4.21. The van der Waals surface area contributed by atoms with Crippen LogP contribution in [0.4, 0.5) is 5.69 Å². The van der Waals surface area contributed by atoms with E-state index < -0.39 is 10.0 Å². The topological polar surface area (TPSA) is 81.4 Å². The minimum absolute atomic E-state index is 0.132. The number of para-hydroxylation sites is 3. The molecule has 0 saturated carbocycles. The summed E-state index contributed by atoms with van der Waals surface area (Å²) in [6, 6.07) is 16.7. The van der Waals surface area contributed by atoms with E-state index in [1.165, 1.54) is 0 Å². The van der Waals surface area contributed by atoms with Crippen LogP contribution in [0, 0.1) is 0 Å². The first-order chi connectivity index (χ1) is 9.54. The molecule has 0 radical (unpaired) electrons. The molecule has 0 aromatic heterocycles. The van der Waals surface area contributed by atoms with Crippen LogP contribution in [-0.4, -0.2) is 20.7 Å². The van der Waals surface area contributed by atoms with Crippen LogP contribution in [-0.2, 0) is 10.0 Å². The molecule has 106 valence electrons. The van der Waals surface area contributed by atoms with Crippen LogP contribution in [0.1, 0.15) is 0 Å². The van der Waals surface area contributed by atoms with Crippen LogP contribution in [0.2, 0.25) is 0 Å². The van der Waals surface area contributed by atoms with Gasteiger partial charge in [0.15, 0.2) is 5.75 Å². The van der Waals surface area contributed by atoms with Crippen LogP contribution in [0.15, 0.2) is 54.6 Å². The summed E-state index contributed by atoms with van der Waals surface area (Å²) in [6.07, 6.45) is 0. The maximum Gasteiger partial charge on any atom is 0.210 e. The van der Waals surface area contributed by atoms with E-state index in [9.17, 15) is 8.42 Å². The molecule has 0 heterocycles. The number of sulfonamides is 1. The van der Waals surface area contributed by atoms with Gasteiger partial charge in [0.1, 0.15) is 5.75 Å². The standard InChI is InChI=1S/C14H16N2O3S/c15-20(17,18)11-10-16-13-8-4-5-9-14(13)19-12-6-2-1-3-7-12/h1-9,16H,10-11H2,(H2,15,17,18). The zero-order valence-electron chi connectivity index (χ0n) is 10.8. The van der Waals surface area contributed by atoms with Gasteiger partial charge in [-0.2, -0.15) is 0 Å². The smallest absolute Gasteiger partial charge is 0.210 e. The van der Waals surface area contributed by atoms with E-state index in [1.54, 1.807) is 0 Å². The van der Waals surface area contributed by atoms with Crippen molar-refractivity contribution >= 4 is 15.7 Å². The minimum Gasteiger partial charge on any atom is -0.455 e. The Bertz CT molecular complexity index is 657. The number of anilines is 1. The normalized spacial score (nSPS) is 11.1. The maximum absolute atomic E-state index is 10.9. The van der Waals surface area contributed by atoms with Crippen molar-refractivity contribution in [3.05, 3.63) is 54.6 Å². The number of benzene rings is 2. The third-order valence-corrected chi connectivity index (χ3v) is 3.33. The average Bonchev–Trinajstić information content (AvgIpc) is 2.40. The Hall–Kier alpha value is -2.05. The molecule has 5 nitrogen and oxygen atoms in total. The van der Waals surface area contributed by atoms with Crippen molar-refractivity contribution < 1.29 is 13.2 Å². The number of primary sulfonamides is 1. The zero-order chi connectivity index (χ0) is 14.4. The molecular weight excluding hydrogens is 276 g/mol. The van der Waals surface area contributed by atoms with E-state index in [0.29, 0.717) is 11.5 Å². The van der Waals surface area contributed by atoms with E-state index in [2.05, 4.69) is 5.32 Å². The van der Waals surface area contributed by atoms with Crippen LogP contribution in [0.3, 0.4) is 0 Å². The fourth-order valence-electron chi connectivity index (χ4n) is 1.65. The van der Waals surface area contributed by atoms with Gasteiger partial charge in [0, 0.05) is 6.54 Å². The predicted octanol–water partition coefficient (Wildman–Crippen LogP) is 2.18. The summed E-state index contributed by atoms with van der Waals surface area (Å²) in [6.45, 7) is 0.230. The van der Waals surface area contributed by atoms with Gasteiger partial charge >= 0.3 is 0 Å². The number of rotatable bonds is 6. The number of hydrogen-bond donors (Lipinski definition) is 2. The second kappa shape index (κ2) is 6.40. The van der Waals surface area contributed by atoms with E-state index in [4.69, 9.17) is 9.88 Å². The molecule has 0 aliphatic heterocycles. The first-order valence-corrected chi connectivity index (χ1v) is 7.82. The molecule has 0 spiro atoms. The molecule has 0 aliphatic carbocycles. The van der Waals surface area contributed by atoms with Crippen molar-refractivity contribution in [2.75, 3.05) is 17.6 Å². The lowest BCUT2D eigenvalue weighted by molar-refractivity contribution is 0.484. The molecule has 20 heavy (non-hydrogen) atoms.